The van der Waals surface area contributed by atoms with Gasteiger partial charge in [-0.05, 0) is 42.3 Å². The molecular formula is C48H58N16O6. The number of pyridine rings is 1. The Morgan fingerprint density at radius 1 is 0.729 bits per heavy atom. The van der Waals surface area contributed by atoms with Crippen LogP contribution in [0.4, 0.5) is 17.7 Å². The Hall–Kier alpha value is -7.24. The van der Waals surface area contributed by atoms with E-state index in [0.717, 1.165) is 72.4 Å². The van der Waals surface area contributed by atoms with Crippen LogP contribution in [0.3, 0.4) is 0 Å². The van der Waals surface area contributed by atoms with Crippen molar-refractivity contribution in [3.05, 3.63) is 102 Å². The van der Waals surface area contributed by atoms with E-state index in [1.165, 1.54) is 11.9 Å². The van der Waals surface area contributed by atoms with Crippen molar-refractivity contribution < 1.29 is 28.5 Å². The molecule has 2 amide bonds. The molecule has 70 heavy (non-hydrogen) atoms. The molecule has 0 unspecified atom stereocenters. The van der Waals surface area contributed by atoms with Crippen LogP contribution in [0.2, 0.25) is 0 Å². The number of rotatable bonds is 23. The first-order valence-corrected chi connectivity index (χ1v) is 23.6. The lowest BCUT2D eigenvalue weighted by molar-refractivity contribution is -0.133. The lowest BCUT2D eigenvalue weighted by atomic mass is 9.97. The lowest BCUT2D eigenvalue weighted by Gasteiger charge is -2.34. The first-order valence-electron chi connectivity index (χ1n) is 23.6. The van der Waals surface area contributed by atoms with E-state index in [1.54, 1.807) is 18.6 Å². The number of fused-ring (bicyclic) bond motifs is 3. The van der Waals surface area contributed by atoms with Crippen LogP contribution in [0.5, 0.6) is 0 Å². The van der Waals surface area contributed by atoms with Crippen molar-refractivity contribution in [2.24, 2.45) is 0 Å². The van der Waals surface area contributed by atoms with E-state index in [-0.39, 0.29) is 11.8 Å². The minimum Gasteiger partial charge on any atom is -0.383 e. The zero-order valence-electron chi connectivity index (χ0n) is 39.3. The number of amides is 2. The molecule has 0 aliphatic carbocycles. The highest BCUT2D eigenvalue weighted by atomic mass is 16.6. The number of benzene rings is 1. The van der Waals surface area contributed by atoms with Gasteiger partial charge in [0.25, 0.3) is 5.91 Å². The van der Waals surface area contributed by atoms with E-state index in [1.807, 2.05) is 47.4 Å². The van der Waals surface area contributed by atoms with Crippen LogP contribution in [0, 0.1) is 0 Å². The third kappa shape index (κ3) is 11.9. The summed E-state index contributed by atoms with van der Waals surface area (Å²) in [5, 5.41) is 12.6. The molecular weight excluding hydrogens is 897 g/mol. The van der Waals surface area contributed by atoms with Crippen molar-refractivity contribution in [2.75, 3.05) is 115 Å². The first kappa shape index (κ1) is 47.8. The van der Waals surface area contributed by atoms with Gasteiger partial charge in [0.05, 0.1) is 76.8 Å². The molecule has 22 nitrogen and oxygen atoms in total. The van der Waals surface area contributed by atoms with Crippen LogP contribution >= 0.6 is 0 Å². The van der Waals surface area contributed by atoms with Crippen LogP contribution < -0.4 is 26.2 Å². The standard InChI is InChI=1S/C48H58N16O6/c1-50-24-34-25-54-47(55-26-34)61-10-12-62(13-11-61)48-56-28-39(29-57-48)46(66)52-8-15-68-17-19-70-21-20-69-18-16-67-14-6-40(65)63-9-5-35-22-33(2-3-37(35)31-63)30-64-45-41(43(49)58-32-59-45)42(60-64)38-23-36-4-7-51-44(36)53-27-38/h2-4,7,22-23,25-29,32,50H,5-6,8-21,24,30-31H2,1H3,(H,51,53)(H,52,66)(H2,49,58,59). The highest BCUT2D eigenvalue weighted by Gasteiger charge is 2.24. The molecule has 2 aliphatic rings. The third-order valence-corrected chi connectivity index (χ3v) is 12.1. The molecule has 2 aliphatic heterocycles. The number of aromatic nitrogens is 10. The monoisotopic (exact) mass is 954 g/mol. The van der Waals surface area contributed by atoms with E-state index in [9.17, 15) is 9.59 Å². The van der Waals surface area contributed by atoms with Crippen molar-refractivity contribution in [3.8, 4) is 11.3 Å². The Balaban J connectivity index is 0.589. The van der Waals surface area contributed by atoms with Gasteiger partial charge in [0, 0.05) is 106 Å². The molecule has 1 fully saturated rings. The summed E-state index contributed by atoms with van der Waals surface area (Å²) in [5.74, 6) is 1.47. The van der Waals surface area contributed by atoms with Crippen molar-refractivity contribution >= 4 is 51.6 Å². The van der Waals surface area contributed by atoms with Gasteiger partial charge in [0.2, 0.25) is 17.8 Å². The summed E-state index contributed by atoms with van der Waals surface area (Å²) in [5.41, 5.74) is 14.2. The molecule has 8 heterocycles. The Morgan fingerprint density at radius 2 is 1.41 bits per heavy atom. The number of ether oxygens (including phenoxy) is 4. The molecule has 6 aromatic heterocycles. The largest absolute Gasteiger partial charge is 0.383 e. The molecule has 7 aromatic rings. The molecule has 1 saturated heterocycles. The van der Waals surface area contributed by atoms with Crippen molar-refractivity contribution in [1.29, 1.82) is 0 Å². The Morgan fingerprint density at radius 3 is 2.13 bits per heavy atom. The van der Waals surface area contributed by atoms with Crippen LogP contribution in [0.1, 0.15) is 39.0 Å². The van der Waals surface area contributed by atoms with E-state index in [2.05, 4.69) is 78.5 Å². The van der Waals surface area contributed by atoms with Gasteiger partial charge in [-0.1, -0.05) is 18.2 Å². The van der Waals surface area contributed by atoms with Crippen molar-refractivity contribution in [1.82, 2.24) is 65.2 Å². The zero-order chi connectivity index (χ0) is 48.1. The third-order valence-electron chi connectivity index (χ3n) is 12.1. The maximum atomic E-state index is 13.1. The van der Waals surface area contributed by atoms with Gasteiger partial charge in [0.1, 0.15) is 23.5 Å². The molecule has 0 spiro atoms. The quantitative estimate of drug-likeness (QED) is 0.0672. The number of carbonyl (C=O) groups excluding carboxylic acids is 2. The minimum atomic E-state index is -0.261. The number of hydrogen-bond donors (Lipinski definition) is 4. The Labute approximate surface area is 404 Å². The SMILES string of the molecule is CNCc1cnc(N2CCN(c3ncc(C(=O)NCCOCCOCCOCCOCCC(=O)N4CCc5cc(Cn6nc(-c7cnc8[nH]ccc8c7)c7c(N)ncnc76)ccc5C4)cn3)CC2)nc1. The van der Waals surface area contributed by atoms with E-state index >= 15 is 0 Å². The maximum Gasteiger partial charge on any atom is 0.254 e. The molecule has 22 heteroatoms. The Bertz CT molecular complexity index is 2830. The normalized spacial score (nSPS) is 13.9. The molecule has 366 valence electrons. The predicted molar refractivity (Wildman–Crippen MR) is 261 cm³/mol. The molecule has 0 radical (unpaired) electrons. The second-order valence-electron chi connectivity index (χ2n) is 16.9. The van der Waals surface area contributed by atoms with Gasteiger partial charge in [-0.25, -0.2) is 39.6 Å². The van der Waals surface area contributed by atoms with E-state index < -0.39 is 0 Å². The number of nitrogens with one attached hydrogen (secondary N) is 3. The Kier molecular flexibility index (Phi) is 16.0. The molecule has 9 rings (SSSR count). The summed E-state index contributed by atoms with van der Waals surface area (Å²) in [6.45, 7) is 8.77. The number of piperazine rings is 1. The lowest BCUT2D eigenvalue weighted by Crippen LogP contribution is -2.47. The highest BCUT2D eigenvalue weighted by Crippen LogP contribution is 2.32. The predicted octanol–water partition coefficient (Wildman–Crippen LogP) is 2.40. The average Bonchev–Trinajstić information content (AvgIpc) is 4.03. The first-order chi connectivity index (χ1) is 34.4. The minimum absolute atomic E-state index is 0.0643. The second kappa shape index (κ2) is 23.4. The number of nitrogen functional groups attached to an aromatic ring is 1. The summed E-state index contributed by atoms with van der Waals surface area (Å²) >= 11 is 0. The number of H-pyrrole nitrogens is 1. The number of aromatic amines is 1. The summed E-state index contributed by atoms with van der Waals surface area (Å²) in [6, 6.07) is 10.4. The van der Waals surface area contributed by atoms with Crippen LogP contribution in [-0.2, 0) is 49.8 Å². The zero-order valence-corrected chi connectivity index (χ0v) is 39.3. The molecule has 0 bridgehead atoms. The smallest absolute Gasteiger partial charge is 0.254 e. The summed E-state index contributed by atoms with van der Waals surface area (Å²) in [4.78, 5) is 66.1. The summed E-state index contributed by atoms with van der Waals surface area (Å²) in [7, 11) is 1.89. The molecule has 0 atom stereocenters. The number of carbonyl (C=O) groups is 2. The van der Waals surface area contributed by atoms with Crippen LogP contribution in [-0.4, -0.2) is 166 Å². The second-order valence-corrected chi connectivity index (χ2v) is 16.9. The number of nitrogens with zero attached hydrogens (tertiary/aromatic N) is 12. The molecule has 5 N–H and O–H groups in total. The van der Waals surface area contributed by atoms with Crippen molar-refractivity contribution in [3.63, 3.8) is 0 Å². The fourth-order valence-electron chi connectivity index (χ4n) is 8.44. The molecule has 1 aromatic carbocycles. The van der Waals surface area contributed by atoms with Gasteiger partial charge < -0.3 is 55.0 Å². The van der Waals surface area contributed by atoms with Crippen LogP contribution in [0.15, 0.2) is 73.8 Å². The summed E-state index contributed by atoms with van der Waals surface area (Å²) < 4.78 is 24.3. The van der Waals surface area contributed by atoms with Crippen molar-refractivity contribution in [2.45, 2.75) is 32.5 Å². The topological polar surface area (TPSA) is 255 Å². The fourth-order valence-corrected chi connectivity index (χ4v) is 8.44. The fraction of sp³-hybridized carbons (Fsp3) is 0.417. The van der Waals surface area contributed by atoms with Crippen LogP contribution in [0.25, 0.3) is 33.3 Å². The highest BCUT2D eigenvalue weighted by molar-refractivity contribution is 5.99. The van der Waals surface area contributed by atoms with Gasteiger partial charge in [-0.15, -0.1) is 0 Å². The number of hydrogen-bond acceptors (Lipinski definition) is 18. The summed E-state index contributed by atoms with van der Waals surface area (Å²) in [6.07, 6.45) is 12.9. The number of anilines is 3. The molecule has 0 saturated carbocycles. The van der Waals surface area contributed by atoms with Gasteiger partial charge in [0.15, 0.2) is 5.65 Å². The van der Waals surface area contributed by atoms with E-state index in [0.29, 0.717) is 125 Å². The van der Waals surface area contributed by atoms with E-state index in [4.69, 9.17) is 29.8 Å². The van der Waals surface area contributed by atoms with Gasteiger partial charge in [-0.2, -0.15) is 5.10 Å². The van der Waals surface area contributed by atoms with Gasteiger partial charge >= 0.3 is 0 Å². The number of nitrogens with two attached hydrogens (primary N) is 1. The average molecular weight is 955 g/mol. The van der Waals surface area contributed by atoms with Gasteiger partial charge in [-0.3, -0.25) is 9.59 Å². The maximum absolute atomic E-state index is 13.1.